The minimum atomic E-state index is -3.40. The average Bonchev–Trinajstić information content (AvgIpc) is 3.26. The van der Waals surface area contributed by atoms with Crippen molar-refractivity contribution in [3.8, 4) is 0 Å². The number of hydrogen-bond acceptors (Lipinski definition) is 4. The van der Waals surface area contributed by atoms with Crippen molar-refractivity contribution in [3.05, 3.63) is 28.2 Å². The van der Waals surface area contributed by atoms with E-state index in [1.165, 1.54) is 24.2 Å². The first-order valence-corrected chi connectivity index (χ1v) is 11.4. The van der Waals surface area contributed by atoms with Crippen LogP contribution in [0, 0.1) is 6.92 Å². The van der Waals surface area contributed by atoms with Gasteiger partial charge in [-0.2, -0.15) is 4.31 Å². The molecule has 4 rings (SSSR count). The van der Waals surface area contributed by atoms with Crippen molar-refractivity contribution in [2.45, 2.75) is 36.4 Å². The fourth-order valence-electron chi connectivity index (χ4n) is 3.87. The highest BCUT2D eigenvalue weighted by Crippen LogP contribution is 2.38. The molecule has 1 aromatic heterocycles. The van der Waals surface area contributed by atoms with Gasteiger partial charge in [-0.3, -0.25) is 4.90 Å². The fraction of sp³-hybridized carbons (Fsp3) is 0.529. The summed E-state index contributed by atoms with van der Waals surface area (Å²) in [4.78, 5) is 2.46. The molecule has 0 spiro atoms. The molecule has 2 aromatic rings. The Kier molecular flexibility index (Phi) is 4.50. The standard InChI is InChI=1S/C17H21BrN2O2S2/c1-12-15-10-13(18)4-5-16(15)23-17(12)24(21,22)20-9-6-14(11-20)19-7-2-3-8-19/h4-5,10,14H,2-3,6-9,11H2,1H3/t14-/m1/s1. The number of benzene rings is 1. The molecular weight excluding hydrogens is 408 g/mol. The van der Waals surface area contributed by atoms with Crippen LogP contribution in [0.2, 0.25) is 0 Å². The van der Waals surface area contributed by atoms with Crippen molar-refractivity contribution < 1.29 is 8.42 Å². The number of fused-ring (bicyclic) bond motifs is 1. The van der Waals surface area contributed by atoms with Gasteiger partial charge >= 0.3 is 0 Å². The topological polar surface area (TPSA) is 40.6 Å². The molecule has 2 aliphatic heterocycles. The molecule has 7 heteroatoms. The van der Waals surface area contributed by atoms with Crippen molar-refractivity contribution in [2.24, 2.45) is 0 Å². The van der Waals surface area contributed by atoms with Gasteiger partial charge in [0, 0.05) is 28.3 Å². The quantitative estimate of drug-likeness (QED) is 0.745. The van der Waals surface area contributed by atoms with Crippen LogP contribution in [0.5, 0.6) is 0 Å². The molecule has 4 nitrogen and oxygen atoms in total. The fourth-order valence-corrected chi connectivity index (χ4v) is 7.60. The predicted octanol–water partition coefficient (Wildman–Crippen LogP) is 3.83. The molecule has 0 aliphatic carbocycles. The number of aryl methyl sites for hydroxylation is 1. The largest absolute Gasteiger partial charge is 0.299 e. The lowest BCUT2D eigenvalue weighted by molar-refractivity contribution is 0.251. The van der Waals surface area contributed by atoms with E-state index in [4.69, 9.17) is 0 Å². The Hall–Kier alpha value is -0.470. The second kappa shape index (κ2) is 6.36. The number of nitrogens with zero attached hydrogens (tertiary/aromatic N) is 2. The van der Waals surface area contributed by atoms with Crippen molar-refractivity contribution >= 4 is 47.4 Å². The highest BCUT2D eigenvalue weighted by Gasteiger charge is 2.37. The molecule has 1 atom stereocenters. The van der Waals surface area contributed by atoms with E-state index in [9.17, 15) is 8.42 Å². The summed E-state index contributed by atoms with van der Waals surface area (Å²) in [6.45, 7) is 5.44. The van der Waals surface area contributed by atoms with Gasteiger partial charge in [0.1, 0.15) is 4.21 Å². The van der Waals surface area contributed by atoms with Crippen molar-refractivity contribution in [3.63, 3.8) is 0 Å². The number of likely N-dealkylation sites (tertiary alicyclic amines) is 1. The maximum Gasteiger partial charge on any atom is 0.252 e. The van der Waals surface area contributed by atoms with Crippen LogP contribution in [0.25, 0.3) is 10.1 Å². The summed E-state index contributed by atoms with van der Waals surface area (Å²) in [6, 6.07) is 6.37. The molecule has 0 bridgehead atoms. The van der Waals surface area contributed by atoms with Gasteiger partial charge in [-0.05, 0) is 68.4 Å². The van der Waals surface area contributed by atoms with Crippen LogP contribution in [0.3, 0.4) is 0 Å². The molecule has 1 aromatic carbocycles. The van der Waals surface area contributed by atoms with Crippen molar-refractivity contribution in [1.82, 2.24) is 9.21 Å². The Morgan fingerprint density at radius 3 is 2.71 bits per heavy atom. The van der Waals surface area contributed by atoms with Crippen LogP contribution in [-0.2, 0) is 10.0 Å². The van der Waals surface area contributed by atoms with E-state index in [1.807, 2.05) is 25.1 Å². The van der Waals surface area contributed by atoms with E-state index in [0.29, 0.717) is 23.3 Å². The maximum atomic E-state index is 13.2. The lowest BCUT2D eigenvalue weighted by atomic mass is 10.2. The number of halogens is 1. The highest BCUT2D eigenvalue weighted by atomic mass is 79.9. The molecular formula is C17H21BrN2O2S2. The van der Waals surface area contributed by atoms with Crippen LogP contribution in [-0.4, -0.2) is 49.8 Å². The minimum Gasteiger partial charge on any atom is -0.299 e. The summed E-state index contributed by atoms with van der Waals surface area (Å²) in [7, 11) is -3.40. The Labute approximate surface area is 155 Å². The summed E-state index contributed by atoms with van der Waals surface area (Å²) in [5.41, 5.74) is 0.876. The monoisotopic (exact) mass is 428 g/mol. The minimum absolute atomic E-state index is 0.395. The summed E-state index contributed by atoms with van der Waals surface area (Å²) in [5, 5.41) is 1.03. The van der Waals surface area contributed by atoms with Crippen LogP contribution >= 0.6 is 27.3 Å². The van der Waals surface area contributed by atoms with Gasteiger partial charge in [-0.1, -0.05) is 15.9 Å². The Bertz CT molecular complexity index is 872. The number of thiophene rings is 1. The molecule has 24 heavy (non-hydrogen) atoms. The Balaban J connectivity index is 1.64. The van der Waals surface area contributed by atoms with Gasteiger partial charge in [-0.25, -0.2) is 8.42 Å². The zero-order valence-electron chi connectivity index (χ0n) is 13.7. The normalized spacial score (nSPS) is 23.5. The van der Waals surface area contributed by atoms with Gasteiger partial charge in [-0.15, -0.1) is 11.3 Å². The van der Waals surface area contributed by atoms with E-state index >= 15 is 0 Å². The molecule has 0 unspecified atom stereocenters. The molecule has 2 saturated heterocycles. The summed E-state index contributed by atoms with van der Waals surface area (Å²) < 4.78 is 30.6. The maximum absolute atomic E-state index is 13.2. The van der Waals surface area contributed by atoms with Gasteiger partial charge in [0.15, 0.2) is 0 Å². The number of hydrogen-bond donors (Lipinski definition) is 0. The first-order chi connectivity index (χ1) is 11.5. The Morgan fingerprint density at radius 2 is 1.96 bits per heavy atom. The lowest BCUT2D eigenvalue weighted by Crippen LogP contribution is -2.37. The first-order valence-electron chi connectivity index (χ1n) is 8.39. The smallest absolute Gasteiger partial charge is 0.252 e. The summed E-state index contributed by atoms with van der Waals surface area (Å²) >= 11 is 4.87. The molecule has 0 radical (unpaired) electrons. The first kappa shape index (κ1) is 17.0. The van der Waals surface area contributed by atoms with Gasteiger partial charge in [0.05, 0.1) is 0 Å². The molecule has 0 amide bonds. The summed E-state index contributed by atoms with van der Waals surface area (Å²) in [5.74, 6) is 0. The second-order valence-corrected chi connectivity index (χ2v) is 10.8. The average molecular weight is 429 g/mol. The third-order valence-corrected chi connectivity index (χ3v) is 9.44. The molecule has 2 fully saturated rings. The Morgan fingerprint density at radius 1 is 1.21 bits per heavy atom. The van der Waals surface area contributed by atoms with Crippen LogP contribution in [0.15, 0.2) is 26.9 Å². The molecule has 0 N–H and O–H groups in total. The van der Waals surface area contributed by atoms with Crippen molar-refractivity contribution in [2.75, 3.05) is 26.2 Å². The van der Waals surface area contributed by atoms with Gasteiger partial charge < -0.3 is 0 Å². The zero-order valence-corrected chi connectivity index (χ0v) is 16.9. The third-order valence-electron chi connectivity index (χ3n) is 5.21. The van der Waals surface area contributed by atoms with Crippen LogP contribution in [0.4, 0.5) is 0 Å². The van der Waals surface area contributed by atoms with E-state index in [1.54, 1.807) is 4.31 Å². The molecule has 130 valence electrons. The second-order valence-electron chi connectivity index (χ2n) is 6.70. The van der Waals surface area contributed by atoms with E-state index in [0.717, 1.165) is 39.6 Å². The van der Waals surface area contributed by atoms with Gasteiger partial charge in [0.25, 0.3) is 10.0 Å². The molecule has 3 heterocycles. The highest BCUT2D eigenvalue weighted by molar-refractivity contribution is 9.10. The van der Waals surface area contributed by atoms with E-state index in [-0.39, 0.29) is 0 Å². The predicted molar refractivity (Wildman–Crippen MR) is 102 cm³/mol. The number of sulfonamides is 1. The van der Waals surface area contributed by atoms with E-state index < -0.39 is 10.0 Å². The lowest BCUT2D eigenvalue weighted by Gasteiger charge is -2.23. The SMILES string of the molecule is Cc1c(S(=O)(=O)N2CC[C@@H](N3CCCC3)C2)sc2ccc(Br)cc12. The molecule has 0 saturated carbocycles. The third kappa shape index (κ3) is 2.84. The summed E-state index contributed by atoms with van der Waals surface area (Å²) in [6.07, 6.45) is 3.44. The molecule has 2 aliphatic rings. The van der Waals surface area contributed by atoms with E-state index in [2.05, 4.69) is 20.8 Å². The van der Waals surface area contributed by atoms with Crippen LogP contribution < -0.4 is 0 Å². The zero-order chi connectivity index (χ0) is 16.9. The van der Waals surface area contributed by atoms with Crippen molar-refractivity contribution in [1.29, 1.82) is 0 Å². The van der Waals surface area contributed by atoms with Gasteiger partial charge in [0.2, 0.25) is 0 Å². The van der Waals surface area contributed by atoms with Crippen LogP contribution in [0.1, 0.15) is 24.8 Å². The number of rotatable bonds is 3.